The second-order valence-electron chi connectivity index (χ2n) is 5.70. The first-order valence-electron chi connectivity index (χ1n) is 8.57. The Morgan fingerprint density at radius 2 is 1.55 bits per heavy atom. The summed E-state index contributed by atoms with van der Waals surface area (Å²) in [5, 5.41) is 0. The molecule has 0 amide bonds. The molecule has 0 aliphatic carbocycles. The fourth-order valence-electron chi connectivity index (χ4n) is 2.20. The maximum absolute atomic E-state index is 11.6. The van der Waals surface area contributed by atoms with Crippen molar-refractivity contribution in [2.24, 2.45) is 0 Å². The van der Waals surface area contributed by atoms with Crippen LogP contribution < -0.4 is 0 Å². The third-order valence-corrected chi connectivity index (χ3v) is 3.51. The molecule has 0 N–H and O–H groups in total. The molecule has 20 heavy (non-hydrogen) atoms. The van der Waals surface area contributed by atoms with E-state index in [0.717, 1.165) is 19.3 Å². The molecule has 0 aliphatic heterocycles. The smallest absolute Gasteiger partial charge is 0.330 e. The molecule has 0 saturated carbocycles. The number of carbonyl (C=O) groups excluding carboxylic acids is 1. The molecule has 0 aromatic heterocycles. The lowest BCUT2D eigenvalue weighted by atomic mass is 10.1. The Balaban J connectivity index is 3.47. The summed E-state index contributed by atoms with van der Waals surface area (Å²) in [5.74, 6) is -0.181. The number of unbranched alkanes of at least 4 members (excludes halogenated alkanes) is 8. The SMILES string of the molecule is CCCCCCCC/C=C/C(=O)OC(C)CCCCC. The predicted molar refractivity (Wildman–Crippen MR) is 86.8 cm³/mol. The highest BCUT2D eigenvalue weighted by atomic mass is 16.5. The minimum Gasteiger partial charge on any atom is -0.460 e. The van der Waals surface area contributed by atoms with Crippen molar-refractivity contribution in [3.8, 4) is 0 Å². The van der Waals surface area contributed by atoms with Crippen LogP contribution in [0.2, 0.25) is 0 Å². The quantitative estimate of drug-likeness (QED) is 0.242. The zero-order chi connectivity index (χ0) is 15.1. The van der Waals surface area contributed by atoms with E-state index in [9.17, 15) is 4.79 Å². The first-order chi connectivity index (χ1) is 9.70. The van der Waals surface area contributed by atoms with E-state index in [2.05, 4.69) is 13.8 Å². The topological polar surface area (TPSA) is 26.3 Å². The van der Waals surface area contributed by atoms with Gasteiger partial charge in [0.05, 0.1) is 6.10 Å². The molecule has 1 atom stereocenters. The van der Waals surface area contributed by atoms with Gasteiger partial charge in [0.2, 0.25) is 0 Å². The van der Waals surface area contributed by atoms with E-state index in [-0.39, 0.29) is 12.1 Å². The van der Waals surface area contributed by atoms with Crippen molar-refractivity contribution < 1.29 is 9.53 Å². The minimum absolute atomic E-state index is 0.0488. The van der Waals surface area contributed by atoms with Gasteiger partial charge in [-0.25, -0.2) is 4.79 Å². The molecule has 2 heteroatoms. The monoisotopic (exact) mass is 282 g/mol. The summed E-state index contributed by atoms with van der Waals surface area (Å²) in [6, 6.07) is 0. The Bertz CT molecular complexity index is 246. The van der Waals surface area contributed by atoms with Crippen molar-refractivity contribution in [3.05, 3.63) is 12.2 Å². The Labute approximate surface area is 126 Å². The minimum atomic E-state index is -0.181. The van der Waals surface area contributed by atoms with E-state index in [1.807, 2.05) is 13.0 Å². The summed E-state index contributed by atoms with van der Waals surface area (Å²) in [6.07, 6.45) is 16.9. The van der Waals surface area contributed by atoms with Gasteiger partial charge in [-0.2, -0.15) is 0 Å². The Kier molecular flexibility index (Phi) is 14.0. The molecule has 0 saturated heterocycles. The maximum atomic E-state index is 11.6. The van der Waals surface area contributed by atoms with E-state index in [1.54, 1.807) is 6.08 Å². The van der Waals surface area contributed by atoms with Gasteiger partial charge in [0.15, 0.2) is 0 Å². The van der Waals surface area contributed by atoms with Gasteiger partial charge in [-0.1, -0.05) is 64.9 Å². The number of esters is 1. The summed E-state index contributed by atoms with van der Waals surface area (Å²) in [5.41, 5.74) is 0. The standard InChI is InChI=1S/C18H34O2/c1-4-6-8-9-10-11-12-14-16-18(19)20-17(3)15-13-7-5-2/h14,16-17H,4-13,15H2,1-3H3/b16-14+. The van der Waals surface area contributed by atoms with Crippen molar-refractivity contribution in [2.75, 3.05) is 0 Å². The number of hydrogen-bond donors (Lipinski definition) is 0. The molecule has 0 heterocycles. The number of ether oxygens (including phenoxy) is 1. The largest absolute Gasteiger partial charge is 0.460 e. The molecule has 0 spiro atoms. The van der Waals surface area contributed by atoms with Crippen LogP contribution in [0.4, 0.5) is 0 Å². The van der Waals surface area contributed by atoms with Crippen LogP contribution in [-0.2, 0) is 9.53 Å². The summed E-state index contributed by atoms with van der Waals surface area (Å²) < 4.78 is 5.33. The number of allylic oxidation sites excluding steroid dienone is 1. The van der Waals surface area contributed by atoms with E-state index < -0.39 is 0 Å². The van der Waals surface area contributed by atoms with Crippen LogP contribution in [0.3, 0.4) is 0 Å². The van der Waals surface area contributed by atoms with Crippen LogP contribution >= 0.6 is 0 Å². The van der Waals surface area contributed by atoms with Crippen LogP contribution in [0.5, 0.6) is 0 Å². The summed E-state index contributed by atoms with van der Waals surface area (Å²) >= 11 is 0. The number of carbonyl (C=O) groups is 1. The highest BCUT2D eigenvalue weighted by molar-refractivity contribution is 5.81. The molecule has 0 bridgehead atoms. The highest BCUT2D eigenvalue weighted by Crippen LogP contribution is 2.08. The van der Waals surface area contributed by atoms with Gasteiger partial charge in [-0.15, -0.1) is 0 Å². The lowest BCUT2D eigenvalue weighted by molar-refractivity contribution is -0.142. The van der Waals surface area contributed by atoms with Crippen LogP contribution in [0.1, 0.15) is 91.4 Å². The molecular weight excluding hydrogens is 248 g/mol. The van der Waals surface area contributed by atoms with Crippen LogP contribution in [-0.4, -0.2) is 12.1 Å². The third-order valence-electron chi connectivity index (χ3n) is 3.51. The molecule has 2 nitrogen and oxygen atoms in total. The molecule has 1 unspecified atom stereocenters. The second-order valence-corrected chi connectivity index (χ2v) is 5.70. The van der Waals surface area contributed by atoms with Crippen molar-refractivity contribution in [1.29, 1.82) is 0 Å². The van der Waals surface area contributed by atoms with Gasteiger partial charge in [0.25, 0.3) is 0 Å². The van der Waals surface area contributed by atoms with Gasteiger partial charge >= 0.3 is 5.97 Å². The van der Waals surface area contributed by atoms with Gasteiger partial charge in [0, 0.05) is 6.08 Å². The molecule has 0 aromatic rings. The first-order valence-corrected chi connectivity index (χ1v) is 8.57. The highest BCUT2D eigenvalue weighted by Gasteiger charge is 2.05. The van der Waals surface area contributed by atoms with Crippen molar-refractivity contribution in [1.82, 2.24) is 0 Å². The van der Waals surface area contributed by atoms with Crippen molar-refractivity contribution in [2.45, 2.75) is 97.5 Å². The molecule has 118 valence electrons. The van der Waals surface area contributed by atoms with Crippen molar-refractivity contribution >= 4 is 5.97 Å². The lowest BCUT2D eigenvalue weighted by Gasteiger charge is -2.11. The second kappa shape index (κ2) is 14.6. The maximum Gasteiger partial charge on any atom is 0.330 e. The van der Waals surface area contributed by atoms with Crippen LogP contribution in [0.25, 0.3) is 0 Å². The van der Waals surface area contributed by atoms with E-state index in [0.29, 0.717) is 0 Å². The normalized spacial score (nSPS) is 12.8. The molecule has 0 fully saturated rings. The summed E-state index contributed by atoms with van der Waals surface area (Å²) in [6.45, 7) is 6.40. The summed E-state index contributed by atoms with van der Waals surface area (Å²) in [7, 11) is 0. The average molecular weight is 282 g/mol. The van der Waals surface area contributed by atoms with E-state index in [4.69, 9.17) is 4.74 Å². The predicted octanol–water partition coefficient (Wildman–Crippen LogP) is 5.81. The fourth-order valence-corrected chi connectivity index (χ4v) is 2.20. The molecule has 0 aliphatic rings. The average Bonchev–Trinajstić information content (AvgIpc) is 2.42. The summed E-state index contributed by atoms with van der Waals surface area (Å²) in [4.78, 5) is 11.6. The third kappa shape index (κ3) is 13.6. The molecule has 0 radical (unpaired) electrons. The van der Waals surface area contributed by atoms with Gasteiger partial charge in [-0.3, -0.25) is 0 Å². The zero-order valence-electron chi connectivity index (χ0n) is 13.8. The molecule has 0 rings (SSSR count). The molecular formula is C18H34O2. The number of rotatable bonds is 13. The Morgan fingerprint density at radius 1 is 0.950 bits per heavy atom. The van der Waals surface area contributed by atoms with Crippen molar-refractivity contribution in [3.63, 3.8) is 0 Å². The first kappa shape index (κ1) is 19.2. The van der Waals surface area contributed by atoms with E-state index >= 15 is 0 Å². The van der Waals surface area contributed by atoms with Gasteiger partial charge in [-0.05, 0) is 32.6 Å². The van der Waals surface area contributed by atoms with Gasteiger partial charge in [0.1, 0.15) is 0 Å². The Morgan fingerprint density at radius 3 is 2.25 bits per heavy atom. The van der Waals surface area contributed by atoms with Crippen LogP contribution in [0.15, 0.2) is 12.2 Å². The zero-order valence-corrected chi connectivity index (χ0v) is 13.8. The van der Waals surface area contributed by atoms with E-state index in [1.165, 1.54) is 51.4 Å². The van der Waals surface area contributed by atoms with Crippen LogP contribution in [0, 0.1) is 0 Å². The molecule has 0 aromatic carbocycles. The number of hydrogen-bond acceptors (Lipinski definition) is 2. The fraction of sp³-hybridized carbons (Fsp3) is 0.833. The lowest BCUT2D eigenvalue weighted by Crippen LogP contribution is -2.12. The Hall–Kier alpha value is -0.790. The van der Waals surface area contributed by atoms with Gasteiger partial charge < -0.3 is 4.74 Å².